The molecule has 0 aromatic carbocycles. The van der Waals surface area contributed by atoms with Gasteiger partial charge in [0.1, 0.15) is 0 Å². The van der Waals surface area contributed by atoms with Crippen LogP contribution in [0.4, 0.5) is 0 Å². The number of carboxylic acids is 1. The zero-order valence-electron chi connectivity index (χ0n) is 22.2. The predicted molar refractivity (Wildman–Crippen MR) is 128 cm³/mol. The monoisotopic (exact) mass is 442 g/mol. The molecular weight excluding hydrogens is 392 g/mol. The molecule has 3 unspecified atom stereocenters. The van der Waals surface area contributed by atoms with Gasteiger partial charge in [-0.2, -0.15) is 0 Å². The number of hydrogen-bond donors (Lipinski definition) is 3. The van der Waals surface area contributed by atoms with E-state index < -0.39 is 34.2 Å². The molecule has 4 N–H and O–H groups in total. The molecule has 0 radical (unpaired) electrons. The molecule has 0 aromatic rings. The van der Waals surface area contributed by atoms with Gasteiger partial charge in [-0.25, -0.2) is 0 Å². The number of nitrogens with one attached hydrogen (secondary N) is 1. The van der Waals surface area contributed by atoms with Crippen molar-refractivity contribution in [3.8, 4) is 0 Å². The van der Waals surface area contributed by atoms with E-state index >= 15 is 0 Å². The molecule has 0 bridgehead atoms. The number of carbonyl (C=O) groups excluding carboxylic acids is 1. The van der Waals surface area contributed by atoms with E-state index in [1.54, 1.807) is 0 Å². The Labute approximate surface area is 191 Å². The van der Waals surface area contributed by atoms with Crippen LogP contribution < -0.4 is 11.1 Å². The highest BCUT2D eigenvalue weighted by atomic mass is 16.5. The largest absolute Gasteiger partial charge is 0.481 e. The quantitative estimate of drug-likeness (QED) is 0.424. The zero-order chi connectivity index (χ0) is 25.1. The number of aliphatic carboxylic acids is 1. The van der Waals surface area contributed by atoms with E-state index in [9.17, 15) is 14.7 Å². The summed E-state index contributed by atoms with van der Waals surface area (Å²) in [7, 11) is 0. The summed E-state index contributed by atoms with van der Waals surface area (Å²) in [6.07, 6.45) is 1.41. The van der Waals surface area contributed by atoms with Gasteiger partial charge in [0, 0.05) is 18.7 Å². The fourth-order valence-corrected chi connectivity index (χ4v) is 3.71. The van der Waals surface area contributed by atoms with Gasteiger partial charge >= 0.3 is 5.97 Å². The first-order chi connectivity index (χ1) is 13.6. The molecule has 0 spiro atoms. The highest BCUT2D eigenvalue weighted by Crippen LogP contribution is 2.51. The van der Waals surface area contributed by atoms with Crippen molar-refractivity contribution in [2.45, 2.75) is 107 Å². The molecule has 6 heteroatoms. The molecule has 0 fully saturated rings. The first-order valence-electron chi connectivity index (χ1n) is 11.5. The van der Waals surface area contributed by atoms with Crippen LogP contribution in [0.25, 0.3) is 0 Å². The van der Waals surface area contributed by atoms with Crippen molar-refractivity contribution in [1.82, 2.24) is 5.32 Å². The van der Waals surface area contributed by atoms with Crippen LogP contribution in [0, 0.1) is 28.1 Å². The summed E-state index contributed by atoms with van der Waals surface area (Å²) in [5, 5.41) is 13.4. The Morgan fingerprint density at radius 3 is 1.74 bits per heavy atom. The van der Waals surface area contributed by atoms with Gasteiger partial charge < -0.3 is 20.9 Å². The second-order valence-corrected chi connectivity index (χ2v) is 12.6. The Morgan fingerprint density at radius 2 is 1.42 bits per heavy atom. The normalized spacial score (nSPS) is 17.6. The minimum absolute atomic E-state index is 0.223. The average molecular weight is 443 g/mol. The first-order valence-corrected chi connectivity index (χ1v) is 11.5. The van der Waals surface area contributed by atoms with Gasteiger partial charge in [-0.15, -0.1) is 0 Å². The number of amides is 1. The topological polar surface area (TPSA) is 102 Å². The average Bonchev–Trinajstić information content (AvgIpc) is 2.55. The minimum Gasteiger partial charge on any atom is -0.481 e. The van der Waals surface area contributed by atoms with Gasteiger partial charge in [-0.3, -0.25) is 9.59 Å². The molecule has 0 saturated carbocycles. The number of nitrogens with two attached hydrogens (primary N) is 1. The maximum absolute atomic E-state index is 13.6. The Bertz CT molecular complexity index is 608. The summed E-state index contributed by atoms with van der Waals surface area (Å²) in [6.45, 7) is 24.6. The van der Waals surface area contributed by atoms with E-state index in [4.69, 9.17) is 10.5 Å². The summed E-state index contributed by atoms with van der Waals surface area (Å²) in [6, 6.07) is 0. The van der Waals surface area contributed by atoms with Gasteiger partial charge in [-0.1, -0.05) is 62.3 Å². The van der Waals surface area contributed by atoms with Crippen LogP contribution in [-0.4, -0.2) is 41.3 Å². The lowest BCUT2D eigenvalue weighted by Crippen LogP contribution is -2.56. The number of rotatable bonds is 11. The molecule has 0 aromatic heterocycles. The SMILES string of the molecule is CCC(C)(CN)OCCC(C)(C)NC(=O)C(C(C(=O)O)C(C)(C)C(C)(C)C)C(C)(C)C. The summed E-state index contributed by atoms with van der Waals surface area (Å²) >= 11 is 0. The maximum atomic E-state index is 13.6. The third-order valence-electron chi connectivity index (χ3n) is 7.34. The Balaban J connectivity index is 5.77. The Hall–Kier alpha value is -1.14. The lowest BCUT2D eigenvalue weighted by molar-refractivity contribution is -0.162. The van der Waals surface area contributed by atoms with E-state index in [-0.39, 0.29) is 16.9 Å². The second kappa shape index (κ2) is 10.2. The predicted octanol–water partition coefficient (Wildman–Crippen LogP) is 4.85. The first kappa shape index (κ1) is 29.9. The number of hydrogen-bond acceptors (Lipinski definition) is 4. The van der Waals surface area contributed by atoms with Crippen LogP contribution >= 0.6 is 0 Å². The summed E-state index contributed by atoms with van der Waals surface area (Å²) < 4.78 is 5.99. The smallest absolute Gasteiger partial charge is 0.307 e. The zero-order valence-corrected chi connectivity index (χ0v) is 22.2. The summed E-state index contributed by atoms with van der Waals surface area (Å²) in [5.41, 5.74) is 3.48. The third-order valence-corrected chi connectivity index (χ3v) is 7.34. The number of ether oxygens (including phenoxy) is 1. The van der Waals surface area contributed by atoms with Crippen molar-refractivity contribution < 1.29 is 19.4 Å². The van der Waals surface area contributed by atoms with Crippen molar-refractivity contribution in [2.24, 2.45) is 33.8 Å². The van der Waals surface area contributed by atoms with Crippen molar-refractivity contribution in [2.75, 3.05) is 13.2 Å². The fraction of sp³-hybridized carbons (Fsp3) is 0.920. The molecule has 0 heterocycles. The van der Waals surface area contributed by atoms with Crippen LogP contribution in [-0.2, 0) is 14.3 Å². The standard InChI is InChI=1S/C25H50N2O4/c1-13-25(12,16-26)31-15-14-23(8,9)27-19(28)17(21(2,3)4)18(20(29)30)24(10,11)22(5,6)7/h17-18H,13-16,26H2,1-12H3,(H,27,28)(H,29,30). The van der Waals surface area contributed by atoms with Crippen LogP contribution in [0.1, 0.15) is 95.9 Å². The number of carboxylic acid groups (broad SMARTS) is 1. The van der Waals surface area contributed by atoms with Gasteiger partial charge in [0.25, 0.3) is 0 Å². The molecular formula is C25H50N2O4. The van der Waals surface area contributed by atoms with Crippen LogP contribution in [0.2, 0.25) is 0 Å². The van der Waals surface area contributed by atoms with Crippen LogP contribution in [0.3, 0.4) is 0 Å². The van der Waals surface area contributed by atoms with Gasteiger partial charge in [0.05, 0.1) is 17.4 Å². The van der Waals surface area contributed by atoms with E-state index in [2.05, 4.69) is 5.32 Å². The van der Waals surface area contributed by atoms with Crippen molar-refractivity contribution in [3.63, 3.8) is 0 Å². The molecule has 0 aliphatic rings. The van der Waals surface area contributed by atoms with E-state index in [0.29, 0.717) is 19.6 Å². The van der Waals surface area contributed by atoms with Crippen molar-refractivity contribution in [3.05, 3.63) is 0 Å². The van der Waals surface area contributed by atoms with Crippen LogP contribution in [0.5, 0.6) is 0 Å². The van der Waals surface area contributed by atoms with Gasteiger partial charge in [0.2, 0.25) is 5.91 Å². The van der Waals surface area contributed by atoms with Crippen molar-refractivity contribution in [1.29, 1.82) is 0 Å². The lowest BCUT2D eigenvalue weighted by Gasteiger charge is -2.49. The molecule has 0 aliphatic heterocycles. The molecule has 0 aliphatic carbocycles. The summed E-state index contributed by atoms with van der Waals surface area (Å²) in [5.74, 6) is -2.68. The highest BCUT2D eigenvalue weighted by molar-refractivity contribution is 5.86. The maximum Gasteiger partial charge on any atom is 0.307 e. The van der Waals surface area contributed by atoms with Gasteiger partial charge in [0.15, 0.2) is 0 Å². The summed E-state index contributed by atoms with van der Waals surface area (Å²) in [4.78, 5) is 26.0. The minimum atomic E-state index is -0.933. The van der Waals surface area contributed by atoms with Gasteiger partial charge in [-0.05, 0) is 49.9 Å². The molecule has 0 saturated heterocycles. The molecule has 0 rings (SSSR count). The number of carbonyl (C=O) groups is 2. The van der Waals surface area contributed by atoms with Crippen molar-refractivity contribution >= 4 is 11.9 Å². The van der Waals surface area contributed by atoms with Crippen LogP contribution in [0.15, 0.2) is 0 Å². The molecule has 3 atom stereocenters. The Morgan fingerprint density at radius 1 is 0.935 bits per heavy atom. The third kappa shape index (κ3) is 8.05. The Kier molecular flexibility index (Phi) is 9.83. The molecule has 31 heavy (non-hydrogen) atoms. The molecule has 1 amide bonds. The second-order valence-electron chi connectivity index (χ2n) is 12.6. The van der Waals surface area contributed by atoms with E-state index in [0.717, 1.165) is 6.42 Å². The van der Waals surface area contributed by atoms with E-state index in [1.165, 1.54) is 0 Å². The van der Waals surface area contributed by atoms with E-state index in [1.807, 2.05) is 83.1 Å². The molecule has 6 nitrogen and oxygen atoms in total. The molecule has 184 valence electrons. The lowest BCUT2D eigenvalue weighted by atomic mass is 9.55. The highest BCUT2D eigenvalue weighted by Gasteiger charge is 2.53. The fourth-order valence-electron chi connectivity index (χ4n) is 3.71.